The van der Waals surface area contributed by atoms with Crippen LogP contribution < -0.4 is 27.6 Å². The topological polar surface area (TPSA) is 176 Å². The molecule has 0 aliphatic rings. The predicted octanol–water partition coefficient (Wildman–Crippen LogP) is 4.70. The Labute approximate surface area is 305 Å². The third-order valence-electron chi connectivity index (χ3n) is 7.29. The smallest absolute Gasteiger partial charge is 0.423 e. The Hall–Kier alpha value is -4.36. The average molecular weight is 799 g/mol. The van der Waals surface area contributed by atoms with Gasteiger partial charge in [0.05, 0.1) is 33.6 Å². The summed E-state index contributed by atoms with van der Waals surface area (Å²) < 4.78 is 75.6. The SMILES string of the molecule is CC(C)(NCc1cc(-c2cccc(C(F)(F)F)c2)ccn1)C(N)=O.CC(C)(NCc1cc(Br)ccn1)C(N)=O.OB(O)c1cccc(C(F)(F)F)c1. The molecular formula is C34H38BBrF6N6O4. The molecule has 2 heterocycles. The van der Waals surface area contributed by atoms with Crippen LogP contribution in [0.5, 0.6) is 0 Å². The van der Waals surface area contributed by atoms with Crippen molar-refractivity contribution in [2.24, 2.45) is 11.5 Å². The number of hydrogen-bond acceptors (Lipinski definition) is 8. The fraction of sp³-hybridized carbons (Fsp3) is 0.294. The summed E-state index contributed by atoms with van der Waals surface area (Å²) in [5.74, 6) is -0.881. The van der Waals surface area contributed by atoms with Crippen LogP contribution in [0.4, 0.5) is 26.3 Å². The van der Waals surface area contributed by atoms with Crippen molar-refractivity contribution in [1.82, 2.24) is 20.6 Å². The molecule has 10 nitrogen and oxygen atoms in total. The number of nitrogens with two attached hydrogens (primary N) is 2. The molecule has 8 N–H and O–H groups in total. The first-order valence-electron chi connectivity index (χ1n) is 15.3. The molecule has 0 saturated heterocycles. The van der Waals surface area contributed by atoms with Crippen LogP contribution in [0.2, 0.25) is 0 Å². The van der Waals surface area contributed by atoms with Crippen molar-refractivity contribution in [2.45, 2.75) is 64.2 Å². The second-order valence-electron chi connectivity index (χ2n) is 12.3. The summed E-state index contributed by atoms with van der Waals surface area (Å²) in [6.07, 6.45) is -5.62. The Morgan fingerprint density at radius 1 is 0.692 bits per heavy atom. The predicted molar refractivity (Wildman–Crippen MR) is 188 cm³/mol. The minimum atomic E-state index is -4.45. The zero-order valence-electron chi connectivity index (χ0n) is 28.5. The third kappa shape index (κ3) is 14.3. The summed E-state index contributed by atoms with van der Waals surface area (Å²) in [7, 11) is -1.87. The number of amides is 2. The second-order valence-corrected chi connectivity index (χ2v) is 13.2. The number of carbonyl (C=O) groups excluding carboxylic acids is 2. The van der Waals surface area contributed by atoms with Gasteiger partial charge in [0.2, 0.25) is 11.8 Å². The molecule has 2 amide bonds. The van der Waals surface area contributed by atoms with E-state index in [4.69, 9.17) is 21.5 Å². The van der Waals surface area contributed by atoms with E-state index in [2.05, 4.69) is 36.5 Å². The lowest BCUT2D eigenvalue weighted by Gasteiger charge is -2.22. The van der Waals surface area contributed by atoms with E-state index in [1.807, 2.05) is 12.1 Å². The molecule has 0 atom stereocenters. The van der Waals surface area contributed by atoms with Crippen molar-refractivity contribution >= 4 is 40.3 Å². The molecule has 0 unspecified atom stereocenters. The Morgan fingerprint density at radius 2 is 1.13 bits per heavy atom. The lowest BCUT2D eigenvalue weighted by molar-refractivity contribution is -0.138. The van der Waals surface area contributed by atoms with Crippen LogP contribution in [0.25, 0.3) is 11.1 Å². The number of primary amides is 2. The summed E-state index contributed by atoms with van der Waals surface area (Å²) in [6, 6.07) is 16.1. The van der Waals surface area contributed by atoms with Crippen LogP contribution in [0.15, 0.2) is 89.7 Å². The van der Waals surface area contributed by atoms with Gasteiger partial charge in [-0.2, -0.15) is 26.3 Å². The number of aromatic nitrogens is 2. The van der Waals surface area contributed by atoms with Crippen LogP contribution in [-0.2, 0) is 35.0 Å². The van der Waals surface area contributed by atoms with E-state index in [0.717, 1.165) is 34.4 Å². The quantitative estimate of drug-likeness (QED) is 0.0989. The Morgan fingerprint density at radius 3 is 1.60 bits per heavy atom. The fourth-order valence-electron chi connectivity index (χ4n) is 3.85. The zero-order chi connectivity index (χ0) is 39.5. The highest BCUT2D eigenvalue weighted by Gasteiger charge is 2.32. The molecule has 4 rings (SSSR count). The first kappa shape index (κ1) is 43.8. The Kier molecular flexibility index (Phi) is 15.5. The molecule has 0 saturated carbocycles. The van der Waals surface area contributed by atoms with E-state index in [1.54, 1.807) is 52.1 Å². The lowest BCUT2D eigenvalue weighted by Crippen LogP contribution is -2.50. The molecule has 0 bridgehead atoms. The van der Waals surface area contributed by atoms with Crippen molar-refractivity contribution in [3.05, 3.63) is 112 Å². The van der Waals surface area contributed by atoms with Gasteiger partial charge in [-0.25, -0.2) is 0 Å². The molecule has 18 heteroatoms. The number of pyridine rings is 2. The number of nitrogens with zero attached hydrogens (tertiary/aromatic N) is 2. The van der Waals surface area contributed by atoms with Gasteiger partial charge >= 0.3 is 19.5 Å². The van der Waals surface area contributed by atoms with Crippen LogP contribution in [-0.4, -0.2) is 50.0 Å². The Balaban J connectivity index is 0.000000288. The fourth-order valence-corrected chi connectivity index (χ4v) is 4.23. The van der Waals surface area contributed by atoms with Gasteiger partial charge in [-0.3, -0.25) is 30.2 Å². The van der Waals surface area contributed by atoms with E-state index in [1.165, 1.54) is 18.3 Å². The minimum Gasteiger partial charge on any atom is -0.423 e. The maximum Gasteiger partial charge on any atom is 0.488 e. The number of alkyl halides is 6. The van der Waals surface area contributed by atoms with E-state index < -0.39 is 47.6 Å². The monoisotopic (exact) mass is 798 g/mol. The van der Waals surface area contributed by atoms with Crippen molar-refractivity contribution in [2.75, 3.05) is 0 Å². The molecule has 52 heavy (non-hydrogen) atoms. The number of hydrogen-bond donors (Lipinski definition) is 6. The second kappa shape index (κ2) is 18.4. The van der Waals surface area contributed by atoms with Gasteiger partial charge in [0.25, 0.3) is 0 Å². The molecule has 0 fully saturated rings. The summed E-state index contributed by atoms with van der Waals surface area (Å²) >= 11 is 3.35. The summed E-state index contributed by atoms with van der Waals surface area (Å²) in [5, 5.41) is 23.2. The standard InChI is InChI=1S/C17H18F3N3O.C10H14BrN3O.C7H6BF3O2/c1-16(2,15(21)24)23-10-14-9-12(6-7-22-14)11-4-3-5-13(8-11)17(18,19)20;1-10(2,9(12)15)14-6-8-5-7(11)3-4-13-8;9-7(10,11)5-2-1-3-6(4-5)8(12)13/h3-9,23H,10H2,1-2H3,(H2,21,24);3-5,14H,6H2,1-2H3,(H2,12,15);1-4,12-13H. The van der Waals surface area contributed by atoms with Gasteiger partial charge in [-0.1, -0.05) is 52.3 Å². The normalized spacial score (nSPS) is 11.8. The molecule has 4 aromatic rings. The molecule has 2 aromatic heterocycles. The third-order valence-corrected chi connectivity index (χ3v) is 7.78. The van der Waals surface area contributed by atoms with E-state index in [9.17, 15) is 35.9 Å². The molecule has 0 radical (unpaired) electrons. The maximum atomic E-state index is 12.8. The maximum absolute atomic E-state index is 12.8. The molecule has 0 spiro atoms. The number of benzene rings is 2. The number of nitrogens with one attached hydrogen (secondary N) is 2. The average Bonchev–Trinajstić information content (AvgIpc) is 3.06. The van der Waals surface area contributed by atoms with Crippen LogP contribution in [0.3, 0.4) is 0 Å². The zero-order valence-corrected chi connectivity index (χ0v) is 30.1. The molecule has 0 aliphatic heterocycles. The van der Waals surface area contributed by atoms with Gasteiger partial charge in [-0.05, 0) is 80.7 Å². The number of halogens is 7. The van der Waals surface area contributed by atoms with Crippen LogP contribution in [0, 0.1) is 0 Å². The van der Waals surface area contributed by atoms with Crippen molar-refractivity contribution in [3.63, 3.8) is 0 Å². The van der Waals surface area contributed by atoms with Crippen LogP contribution >= 0.6 is 15.9 Å². The van der Waals surface area contributed by atoms with Gasteiger partial charge < -0.3 is 21.5 Å². The number of rotatable bonds is 10. The lowest BCUT2D eigenvalue weighted by atomic mass is 9.79. The highest BCUT2D eigenvalue weighted by atomic mass is 79.9. The van der Waals surface area contributed by atoms with Gasteiger partial charge in [-0.15, -0.1) is 0 Å². The molecule has 0 aliphatic carbocycles. The van der Waals surface area contributed by atoms with Crippen molar-refractivity contribution in [3.8, 4) is 11.1 Å². The first-order valence-corrected chi connectivity index (χ1v) is 16.1. The van der Waals surface area contributed by atoms with Crippen LogP contribution in [0.1, 0.15) is 50.2 Å². The van der Waals surface area contributed by atoms with Crippen molar-refractivity contribution < 1.29 is 46.0 Å². The van der Waals surface area contributed by atoms with Gasteiger partial charge in [0.1, 0.15) is 0 Å². The summed E-state index contributed by atoms with van der Waals surface area (Å²) in [5.41, 5.74) is 9.64. The first-order chi connectivity index (χ1) is 23.9. The molecule has 2 aromatic carbocycles. The van der Waals surface area contributed by atoms with Gasteiger partial charge in [0, 0.05) is 30.0 Å². The molecule has 280 valence electrons. The van der Waals surface area contributed by atoms with Crippen molar-refractivity contribution in [1.29, 1.82) is 0 Å². The van der Waals surface area contributed by atoms with E-state index in [0.29, 0.717) is 29.4 Å². The summed E-state index contributed by atoms with van der Waals surface area (Å²) in [6.45, 7) is 7.55. The van der Waals surface area contributed by atoms with Gasteiger partial charge in [0.15, 0.2) is 0 Å². The highest BCUT2D eigenvalue weighted by Crippen LogP contribution is 2.32. The molecular weight excluding hydrogens is 761 g/mol. The number of carbonyl (C=O) groups is 2. The largest absolute Gasteiger partial charge is 0.488 e. The summed E-state index contributed by atoms with van der Waals surface area (Å²) in [4.78, 5) is 30.7. The van der Waals surface area contributed by atoms with E-state index >= 15 is 0 Å². The highest BCUT2D eigenvalue weighted by molar-refractivity contribution is 9.10. The van der Waals surface area contributed by atoms with E-state index in [-0.39, 0.29) is 17.9 Å². The Bertz CT molecular complexity index is 1810. The minimum absolute atomic E-state index is 0.171.